The number of carboxylic acid groups (broad SMARTS) is 1. The maximum Gasteiger partial charge on any atom is 0.490 e. The number of aryl methyl sites for hydroxylation is 1. The van der Waals surface area contributed by atoms with Gasteiger partial charge in [0.25, 0.3) is 0 Å². The van der Waals surface area contributed by atoms with Crippen LogP contribution in [-0.2, 0) is 4.79 Å². The van der Waals surface area contributed by atoms with Gasteiger partial charge in [-0.3, -0.25) is 5.10 Å². The number of halogens is 4. The molecule has 1 aromatic carbocycles. The number of carboxylic acids is 1. The first kappa shape index (κ1) is 27.2. The van der Waals surface area contributed by atoms with Crippen molar-refractivity contribution in [3.05, 3.63) is 46.4 Å². The maximum absolute atomic E-state index is 10.6. The first-order chi connectivity index (χ1) is 18.6. The van der Waals surface area contributed by atoms with E-state index in [-0.39, 0.29) is 0 Å². The molecule has 0 spiro atoms. The van der Waals surface area contributed by atoms with Crippen LogP contribution in [0, 0.1) is 18.8 Å². The van der Waals surface area contributed by atoms with Crippen molar-refractivity contribution in [2.75, 3.05) is 49.1 Å². The number of hydrogen-bond acceptors (Lipinski definition) is 7. The minimum atomic E-state index is -5.08. The number of piperazine rings is 1. The highest BCUT2D eigenvalue weighted by Gasteiger charge is 2.38. The third-order valence-electron chi connectivity index (χ3n) is 7.57. The minimum Gasteiger partial charge on any atom is -0.475 e. The van der Waals surface area contributed by atoms with Gasteiger partial charge in [-0.05, 0) is 68.5 Å². The molecular formula is C26H29ClF3N7O2. The molecule has 0 amide bonds. The van der Waals surface area contributed by atoms with Crippen LogP contribution < -0.4 is 15.1 Å². The number of aliphatic carboxylic acids is 1. The quantitative estimate of drug-likeness (QED) is 0.433. The normalized spacial score (nSPS) is 22.2. The molecule has 9 nitrogen and oxygen atoms in total. The van der Waals surface area contributed by atoms with Gasteiger partial charge in [-0.1, -0.05) is 23.2 Å². The first-order valence-electron chi connectivity index (χ1n) is 12.8. The third kappa shape index (κ3) is 5.96. The van der Waals surface area contributed by atoms with E-state index in [1.54, 1.807) is 6.33 Å². The fourth-order valence-electron chi connectivity index (χ4n) is 5.63. The van der Waals surface area contributed by atoms with Gasteiger partial charge >= 0.3 is 12.1 Å². The van der Waals surface area contributed by atoms with Crippen molar-refractivity contribution in [1.82, 2.24) is 25.5 Å². The Morgan fingerprint density at radius 1 is 1.10 bits per heavy atom. The van der Waals surface area contributed by atoms with Crippen LogP contribution in [0.1, 0.15) is 24.1 Å². The number of nitrogens with zero attached hydrogens (tertiary/aromatic N) is 5. The lowest BCUT2D eigenvalue weighted by atomic mass is 10.0. The molecule has 208 valence electrons. The Morgan fingerprint density at radius 2 is 1.74 bits per heavy atom. The molecule has 6 rings (SSSR count). The fraction of sp³-hybridized carbons (Fsp3) is 0.462. The molecule has 3 N–H and O–H groups in total. The van der Waals surface area contributed by atoms with E-state index in [9.17, 15) is 13.2 Å². The van der Waals surface area contributed by atoms with Crippen LogP contribution in [0.2, 0.25) is 5.02 Å². The van der Waals surface area contributed by atoms with Crippen LogP contribution in [-0.4, -0.2) is 76.7 Å². The number of allylic oxidation sites excluding steroid dienone is 1. The van der Waals surface area contributed by atoms with Crippen molar-refractivity contribution in [3.8, 4) is 0 Å². The fourth-order valence-corrected chi connectivity index (χ4v) is 5.79. The summed E-state index contributed by atoms with van der Waals surface area (Å²) >= 11 is 6.26. The molecule has 2 saturated heterocycles. The van der Waals surface area contributed by atoms with E-state index in [1.807, 2.05) is 6.07 Å². The molecule has 2 aliphatic heterocycles. The van der Waals surface area contributed by atoms with Crippen molar-refractivity contribution < 1.29 is 23.1 Å². The zero-order valence-corrected chi connectivity index (χ0v) is 22.1. The third-order valence-corrected chi connectivity index (χ3v) is 7.80. The average Bonchev–Trinajstić information content (AvgIpc) is 3.61. The average molecular weight is 564 g/mol. The van der Waals surface area contributed by atoms with Crippen LogP contribution >= 0.6 is 11.6 Å². The minimum absolute atomic E-state index is 0.783. The molecule has 39 heavy (non-hydrogen) atoms. The molecule has 1 saturated carbocycles. The van der Waals surface area contributed by atoms with Crippen LogP contribution in [0.3, 0.4) is 0 Å². The number of aromatic nitrogens is 4. The lowest BCUT2D eigenvalue weighted by Gasteiger charge is -2.37. The smallest absolute Gasteiger partial charge is 0.475 e. The van der Waals surface area contributed by atoms with Gasteiger partial charge in [0.05, 0.1) is 11.1 Å². The van der Waals surface area contributed by atoms with Gasteiger partial charge in [-0.15, -0.1) is 0 Å². The van der Waals surface area contributed by atoms with Crippen LogP contribution in [0.4, 0.5) is 24.7 Å². The van der Waals surface area contributed by atoms with Gasteiger partial charge in [-0.25, -0.2) is 14.8 Å². The van der Waals surface area contributed by atoms with E-state index in [1.165, 1.54) is 29.7 Å². The molecule has 13 heteroatoms. The van der Waals surface area contributed by atoms with Gasteiger partial charge < -0.3 is 20.2 Å². The Balaban J connectivity index is 0.000000392. The Labute approximate surface area is 228 Å². The van der Waals surface area contributed by atoms with E-state index in [4.69, 9.17) is 26.5 Å². The number of nitrogens with one attached hydrogen (secondary N) is 2. The summed E-state index contributed by atoms with van der Waals surface area (Å²) < 4.78 is 31.7. The summed E-state index contributed by atoms with van der Waals surface area (Å²) in [4.78, 5) is 22.8. The molecule has 0 radical (unpaired) electrons. The summed E-state index contributed by atoms with van der Waals surface area (Å²) in [6.07, 6.45) is 1.20. The Hall–Kier alpha value is -3.38. The van der Waals surface area contributed by atoms with Crippen LogP contribution in [0.15, 0.2) is 30.1 Å². The molecule has 4 heterocycles. The van der Waals surface area contributed by atoms with E-state index in [0.717, 1.165) is 78.7 Å². The number of fused-ring (bicyclic) bond motifs is 2. The van der Waals surface area contributed by atoms with Gasteiger partial charge in [-0.2, -0.15) is 18.3 Å². The van der Waals surface area contributed by atoms with Crippen molar-refractivity contribution in [3.63, 3.8) is 0 Å². The second-order valence-corrected chi connectivity index (χ2v) is 10.6. The molecule has 3 aliphatic rings. The summed E-state index contributed by atoms with van der Waals surface area (Å²) in [7, 11) is 0. The Morgan fingerprint density at radius 3 is 2.38 bits per heavy atom. The number of anilines is 2. The van der Waals surface area contributed by atoms with E-state index >= 15 is 0 Å². The maximum atomic E-state index is 10.6. The van der Waals surface area contributed by atoms with Crippen LogP contribution in [0.25, 0.3) is 17.1 Å². The molecule has 0 bridgehead atoms. The molecule has 2 aromatic heterocycles. The topological polar surface area (TPSA) is 110 Å². The lowest BCUT2D eigenvalue weighted by Crippen LogP contribution is -2.47. The Bertz CT molecular complexity index is 1370. The lowest BCUT2D eigenvalue weighted by molar-refractivity contribution is -0.192. The second-order valence-electron chi connectivity index (χ2n) is 10.1. The number of rotatable bonds is 3. The zero-order chi connectivity index (χ0) is 27.7. The Kier molecular flexibility index (Phi) is 7.68. The number of H-pyrrole nitrogens is 1. The molecule has 1 aliphatic carbocycles. The highest BCUT2D eigenvalue weighted by Crippen LogP contribution is 2.39. The monoisotopic (exact) mass is 563 g/mol. The van der Waals surface area contributed by atoms with Gasteiger partial charge in [0, 0.05) is 36.9 Å². The molecule has 3 fully saturated rings. The summed E-state index contributed by atoms with van der Waals surface area (Å²) in [6, 6.07) is 6.12. The summed E-state index contributed by atoms with van der Waals surface area (Å²) in [5.41, 5.74) is 5.78. The van der Waals surface area contributed by atoms with Gasteiger partial charge in [0.1, 0.15) is 12.1 Å². The standard InChI is InChI=1S/C24H28ClN7.C2HF3O2/c1-15-2-3-19(25)11-21(15)31-4-6-32(7-5-31)24-22-20(29-30-23(22)27-14-28-24)10-16-8-17-12-26-13-18(17)9-16;3-2(4,5)1(6)7/h2-3,10-11,14,17-18,26H,4-9,12-13H2,1H3,(H,27,28,29,30);(H,6,7)/b16-10-;/t17-,18+;/m0./s1. The van der Waals surface area contributed by atoms with Crippen LogP contribution in [0.5, 0.6) is 0 Å². The molecule has 2 atom stereocenters. The van der Waals surface area contributed by atoms with Gasteiger partial charge in [0.15, 0.2) is 5.65 Å². The van der Waals surface area contributed by atoms with Crippen molar-refractivity contribution >= 4 is 46.2 Å². The van der Waals surface area contributed by atoms with Crippen molar-refractivity contribution in [2.24, 2.45) is 11.8 Å². The molecule has 3 aromatic rings. The molecule has 0 unspecified atom stereocenters. The zero-order valence-electron chi connectivity index (χ0n) is 21.3. The highest BCUT2D eigenvalue weighted by molar-refractivity contribution is 6.30. The van der Waals surface area contributed by atoms with Gasteiger partial charge in [0.2, 0.25) is 0 Å². The second kappa shape index (κ2) is 11.0. The summed E-state index contributed by atoms with van der Waals surface area (Å²) in [6.45, 7) is 8.09. The predicted molar refractivity (Wildman–Crippen MR) is 143 cm³/mol. The van der Waals surface area contributed by atoms with Crippen molar-refractivity contribution in [1.29, 1.82) is 0 Å². The van der Waals surface area contributed by atoms with E-state index < -0.39 is 12.1 Å². The summed E-state index contributed by atoms with van der Waals surface area (Å²) in [5, 5.41) is 20.2. The number of benzene rings is 1. The summed E-state index contributed by atoms with van der Waals surface area (Å²) in [5.74, 6) is -0.208. The number of alkyl halides is 3. The predicted octanol–water partition coefficient (Wildman–Crippen LogP) is 4.29. The number of aromatic amines is 1. The number of carbonyl (C=O) groups is 1. The van der Waals surface area contributed by atoms with E-state index in [0.29, 0.717) is 0 Å². The highest BCUT2D eigenvalue weighted by atomic mass is 35.5. The molecular weight excluding hydrogens is 535 g/mol. The number of hydrogen-bond donors (Lipinski definition) is 3. The SMILES string of the molecule is Cc1ccc(Cl)cc1N1CCN(c2ncnc3[nH]nc(/C=C4/C[C@H]5CNC[C@H]5C4)c23)CC1.O=C(O)C(F)(F)F. The largest absolute Gasteiger partial charge is 0.490 e. The van der Waals surface area contributed by atoms with Crippen molar-refractivity contribution in [2.45, 2.75) is 25.9 Å². The van der Waals surface area contributed by atoms with E-state index in [2.05, 4.69) is 55.4 Å². The first-order valence-corrected chi connectivity index (χ1v) is 13.1.